The number of benzene rings is 2. The molecule has 6 atom stereocenters. The maximum absolute atomic E-state index is 15.2. The number of hydrogen-bond donors (Lipinski definition) is 1. The average Bonchev–Trinajstić information content (AvgIpc) is 3.78. The number of fused-ring (bicyclic) bond motifs is 5. The van der Waals surface area contributed by atoms with Crippen molar-refractivity contribution in [2.24, 2.45) is 36.1 Å². The molecule has 4 heterocycles. The number of allylic oxidation sites excluding steroid dienone is 2. The first-order chi connectivity index (χ1) is 25.0. The quantitative estimate of drug-likeness (QED) is 0.170. The summed E-state index contributed by atoms with van der Waals surface area (Å²) in [4.78, 5) is 61.6. The van der Waals surface area contributed by atoms with Gasteiger partial charge in [0.25, 0.3) is 0 Å². The highest BCUT2D eigenvalue weighted by Crippen LogP contribution is 2.64. The molecule has 2 aromatic heterocycles. The molecule has 11 nitrogen and oxygen atoms in total. The molecule has 0 bridgehead atoms. The number of methoxy groups -OCH3 is 2. The van der Waals surface area contributed by atoms with Gasteiger partial charge in [-0.2, -0.15) is 5.10 Å². The lowest BCUT2D eigenvalue weighted by Crippen LogP contribution is -2.49. The van der Waals surface area contributed by atoms with Crippen LogP contribution < -0.4 is 14.4 Å². The van der Waals surface area contributed by atoms with Crippen LogP contribution in [0.1, 0.15) is 57.6 Å². The van der Waals surface area contributed by atoms with E-state index in [9.17, 15) is 19.5 Å². The summed E-state index contributed by atoms with van der Waals surface area (Å²) in [5.41, 5.74) is 1.000. The van der Waals surface area contributed by atoms with Gasteiger partial charge in [0.05, 0.1) is 42.3 Å². The minimum atomic E-state index is -1.32. The summed E-state index contributed by atoms with van der Waals surface area (Å²) in [7, 11) is 4.58. The van der Waals surface area contributed by atoms with Crippen LogP contribution in [-0.4, -0.2) is 63.2 Å². The number of ether oxygens (including phenoxy) is 2. The third-order valence-electron chi connectivity index (χ3n) is 12.0. The molecule has 2 aliphatic carbocycles. The maximum Gasteiger partial charge on any atom is 0.242 e. The lowest BCUT2D eigenvalue weighted by molar-refractivity contribution is -0.145. The molecule has 4 amide bonds. The summed E-state index contributed by atoms with van der Waals surface area (Å²) >= 11 is 7.88. The number of carbonyl (C=O) groups excluding carboxylic acids is 4. The van der Waals surface area contributed by atoms with E-state index in [1.807, 2.05) is 58.9 Å². The van der Waals surface area contributed by atoms with E-state index in [2.05, 4.69) is 0 Å². The number of rotatable bonds is 5. The molecule has 4 aliphatic rings. The summed E-state index contributed by atoms with van der Waals surface area (Å²) in [6.07, 6.45) is 2.54. The first kappa shape index (κ1) is 35.4. The Kier molecular flexibility index (Phi) is 7.95. The van der Waals surface area contributed by atoms with E-state index in [0.29, 0.717) is 28.5 Å². The van der Waals surface area contributed by atoms with Crippen molar-refractivity contribution in [3.63, 3.8) is 0 Å². The highest BCUT2D eigenvalue weighted by molar-refractivity contribution is 7.22. The summed E-state index contributed by atoms with van der Waals surface area (Å²) in [5.74, 6) is -4.11. The fourth-order valence-corrected chi connectivity index (χ4v) is 10.9. The van der Waals surface area contributed by atoms with Crippen molar-refractivity contribution in [3.8, 4) is 27.8 Å². The first-order valence-corrected chi connectivity index (χ1v) is 18.9. The number of nitrogens with zero attached hydrogens (tertiary/aromatic N) is 4. The normalized spacial score (nSPS) is 27.0. The number of aromatic hydroxyl groups is 1. The minimum Gasteiger partial charge on any atom is -0.502 e. The first-order valence-electron chi connectivity index (χ1n) is 17.7. The number of amides is 4. The maximum atomic E-state index is 15.2. The van der Waals surface area contributed by atoms with Crippen LogP contribution in [0.4, 0.5) is 5.82 Å². The van der Waals surface area contributed by atoms with Crippen molar-refractivity contribution < 1.29 is 33.8 Å². The summed E-state index contributed by atoms with van der Waals surface area (Å²) in [6, 6.07) is 10.9. The average molecular weight is 757 g/mol. The van der Waals surface area contributed by atoms with Crippen LogP contribution in [0.5, 0.6) is 17.2 Å². The smallest absolute Gasteiger partial charge is 0.242 e. The van der Waals surface area contributed by atoms with Crippen LogP contribution in [0, 0.1) is 36.0 Å². The van der Waals surface area contributed by atoms with Crippen LogP contribution >= 0.6 is 22.9 Å². The molecule has 8 rings (SSSR count). The van der Waals surface area contributed by atoms with Crippen molar-refractivity contribution in [1.82, 2.24) is 14.7 Å². The van der Waals surface area contributed by atoms with Gasteiger partial charge in [-0.05, 0) is 100 Å². The van der Waals surface area contributed by atoms with E-state index < -0.39 is 46.5 Å². The molecule has 276 valence electrons. The number of carbonyl (C=O) groups is 4. The van der Waals surface area contributed by atoms with Crippen molar-refractivity contribution in [1.29, 1.82) is 0 Å². The van der Waals surface area contributed by atoms with E-state index in [4.69, 9.17) is 26.2 Å². The number of likely N-dealkylation sites (tertiary alicyclic amines) is 1. The fraction of sp³-hybridized carbons (Fsp3) is 0.425. The number of hydrogen-bond acceptors (Lipinski definition) is 9. The number of aromatic nitrogens is 2. The van der Waals surface area contributed by atoms with E-state index in [-0.39, 0.29) is 41.4 Å². The standard InChI is InChI=1S/C40H41ClN4O7S/c1-18-23-15-20(41)9-12-29(23)53-34(18)26-17-30(43(6)42-26)44-36(48)25-16-24-21(10-11-22-31(24)37(49)45(35(22)47)39(2,3)4)32(40(25,5)38(44)50)19-13-27(51-7)33(46)28(14-19)52-8/h9-10,12-15,17,22,24-25,31-32,46H,11,16H2,1-8H3/t22-,24+,25-,31-,32-,40+/m0/s1. The van der Waals surface area contributed by atoms with Gasteiger partial charge in [0, 0.05) is 34.3 Å². The van der Waals surface area contributed by atoms with Crippen molar-refractivity contribution >= 4 is 62.5 Å². The Balaban J connectivity index is 1.28. The van der Waals surface area contributed by atoms with Crippen molar-refractivity contribution in [2.45, 2.75) is 58.9 Å². The topological polar surface area (TPSA) is 131 Å². The zero-order valence-corrected chi connectivity index (χ0v) is 32.4. The Morgan fingerprint density at radius 3 is 2.30 bits per heavy atom. The van der Waals surface area contributed by atoms with Gasteiger partial charge in [0.1, 0.15) is 11.5 Å². The van der Waals surface area contributed by atoms with Crippen LogP contribution in [0.3, 0.4) is 0 Å². The van der Waals surface area contributed by atoms with E-state index in [1.165, 1.54) is 24.0 Å². The number of anilines is 1. The highest BCUT2D eigenvalue weighted by Gasteiger charge is 2.68. The Morgan fingerprint density at radius 2 is 1.66 bits per heavy atom. The molecule has 1 N–H and O–H groups in total. The molecule has 1 saturated carbocycles. The third-order valence-corrected chi connectivity index (χ3v) is 13.5. The SMILES string of the molecule is COc1cc([C@H]2C3=CC[C@@H]4C(=O)N(C(C)(C)C)C(=O)[C@@H]4[C@@H]3C[C@H]3C(=O)N(c4cc(-c5sc6ccc(Cl)cc6c5C)nn4C)C(=O)[C@@]23C)cc(OC)c1O. The molecule has 0 unspecified atom stereocenters. The molecule has 0 radical (unpaired) electrons. The largest absolute Gasteiger partial charge is 0.502 e. The Labute approximate surface area is 316 Å². The van der Waals surface area contributed by atoms with E-state index in [0.717, 1.165) is 26.1 Å². The summed E-state index contributed by atoms with van der Waals surface area (Å²) in [5, 5.41) is 17.3. The van der Waals surface area contributed by atoms with Crippen molar-refractivity contribution in [2.75, 3.05) is 19.1 Å². The van der Waals surface area contributed by atoms with Crippen LogP contribution in [-0.2, 0) is 26.2 Å². The summed E-state index contributed by atoms with van der Waals surface area (Å²) < 4.78 is 13.7. The highest BCUT2D eigenvalue weighted by atomic mass is 35.5. The molecular formula is C40H41ClN4O7S. The van der Waals surface area contributed by atoms with E-state index >= 15 is 4.79 Å². The third kappa shape index (κ3) is 4.87. The molecule has 53 heavy (non-hydrogen) atoms. The number of phenols is 1. The molecular weight excluding hydrogens is 716 g/mol. The number of aryl methyl sites for hydroxylation is 2. The summed E-state index contributed by atoms with van der Waals surface area (Å²) in [6.45, 7) is 9.36. The predicted octanol–water partition coefficient (Wildman–Crippen LogP) is 7.02. The molecule has 2 aromatic carbocycles. The van der Waals surface area contributed by atoms with Gasteiger partial charge in [-0.3, -0.25) is 28.8 Å². The minimum absolute atomic E-state index is 0.145. The van der Waals surface area contributed by atoms with Gasteiger partial charge in [0.2, 0.25) is 29.4 Å². The predicted molar refractivity (Wildman–Crippen MR) is 201 cm³/mol. The number of thiophene rings is 1. The van der Waals surface area contributed by atoms with Gasteiger partial charge in [-0.25, -0.2) is 4.90 Å². The zero-order chi connectivity index (χ0) is 38.0. The molecule has 4 aromatic rings. The van der Waals surface area contributed by atoms with Gasteiger partial charge < -0.3 is 14.6 Å². The molecule has 2 aliphatic heterocycles. The molecule has 0 spiro atoms. The number of imide groups is 2. The van der Waals surface area contributed by atoms with Crippen LogP contribution in [0.2, 0.25) is 5.02 Å². The van der Waals surface area contributed by atoms with Gasteiger partial charge >= 0.3 is 0 Å². The zero-order valence-electron chi connectivity index (χ0n) is 30.8. The second-order valence-corrected chi connectivity index (χ2v) is 17.3. The lowest BCUT2D eigenvalue weighted by Gasteiger charge is -2.49. The number of halogens is 1. The van der Waals surface area contributed by atoms with Gasteiger partial charge in [-0.15, -0.1) is 11.3 Å². The molecule has 13 heteroatoms. The lowest BCUT2D eigenvalue weighted by atomic mass is 9.51. The van der Waals surface area contributed by atoms with Crippen molar-refractivity contribution in [3.05, 3.63) is 64.2 Å². The van der Waals surface area contributed by atoms with Crippen LogP contribution in [0.15, 0.2) is 48.0 Å². The Bertz CT molecular complexity index is 2300. The fourth-order valence-electron chi connectivity index (χ4n) is 9.57. The van der Waals surface area contributed by atoms with Gasteiger partial charge in [0.15, 0.2) is 11.5 Å². The monoisotopic (exact) mass is 756 g/mol. The van der Waals surface area contributed by atoms with Crippen LogP contribution in [0.25, 0.3) is 20.7 Å². The molecule has 3 fully saturated rings. The van der Waals surface area contributed by atoms with E-state index in [1.54, 1.807) is 41.3 Å². The van der Waals surface area contributed by atoms with Gasteiger partial charge in [-0.1, -0.05) is 23.3 Å². The number of phenolic OH excluding ortho intramolecular Hbond substituents is 1. The molecule has 2 saturated heterocycles. The second-order valence-electron chi connectivity index (χ2n) is 15.8. The Hall–Kier alpha value is -4.68. The Morgan fingerprint density at radius 1 is 0.981 bits per heavy atom. The second kappa shape index (κ2) is 11.9.